The molecule has 0 aromatic heterocycles. The van der Waals surface area contributed by atoms with Crippen LogP contribution >= 0.6 is 0 Å². The molecule has 198 valence electrons. The number of benzene rings is 2. The van der Waals surface area contributed by atoms with Gasteiger partial charge in [-0.05, 0) is 43.2 Å². The van der Waals surface area contributed by atoms with Gasteiger partial charge in [-0.15, -0.1) is 0 Å². The fourth-order valence-electron chi connectivity index (χ4n) is 3.49. The summed E-state index contributed by atoms with van der Waals surface area (Å²) in [6, 6.07) is 9.19. The Morgan fingerprint density at radius 2 is 1.75 bits per heavy atom. The number of sulfonamides is 1. The summed E-state index contributed by atoms with van der Waals surface area (Å²) in [6.45, 7) is 3.43. The van der Waals surface area contributed by atoms with E-state index in [1.165, 1.54) is 55.5 Å². The van der Waals surface area contributed by atoms with Gasteiger partial charge in [0.2, 0.25) is 21.8 Å². The largest absolute Gasteiger partial charge is 0.497 e. The molecule has 0 aliphatic heterocycles. The van der Waals surface area contributed by atoms with Crippen molar-refractivity contribution in [1.29, 1.82) is 0 Å². The van der Waals surface area contributed by atoms with Gasteiger partial charge in [0.1, 0.15) is 29.9 Å². The van der Waals surface area contributed by atoms with Gasteiger partial charge in [-0.1, -0.05) is 25.5 Å². The van der Waals surface area contributed by atoms with Gasteiger partial charge in [-0.2, -0.15) is 0 Å². The van der Waals surface area contributed by atoms with Crippen LogP contribution in [0.4, 0.5) is 10.1 Å². The van der Waals surface area contributed by atoms with Crippen LogP contribution in [0.2, 0.25) is 0 Å². The van der Waals surface area contributed by atoms with Crippen LogP contribution in [0, 0.1) is 5.82 Å². The minimum absolute atomic E-state index is 0.0151. The van der Waals surface area contributed by atoms with E-state index in [1.54, 1.807) is 13.0 Å². The molecule has 0 radical (unpaired) electrons. The smallest absolute Gasteiger partial charge is 0.244 e. The van der Waals surface area contributed by atoms with E-state index in [-0.39, 0.29) is 23.9 Å². The zero-order chi connectivity index (χ0) is 26.9. The molecular formula is C25H34FN3O6S. The van der Waals surface area contributed by atoms with Crippen molar-refractivity contribution < 1.29 is 31.9 Å². The van der Waals surface area contributed by atoms with Crippen LogP contribution in [0.1, 0.15) is 32.3 Å². The maximum Gasteiger partial charge on any atom is 0.244 e. The Bertz CT molecular complexity index is 1140. The van der Waals surface area contributed by atoms with Crippen LogP contribution in [0.15, 0.2) is 42.5 Å². The van der Waals surface area contributed by atoms with Crippen LogP contribution in [-0.4, -0.2) is 64.7 Å². The second kappa shape index (κ2) is 13.1. The lowest BCUT2D eigenvalue weighted by atomic mass is 10.1. The van der Waals surface area contributed by atoms with E-state index in [4.69, 9.17) is 9.47 Å². The maximum atomic E-state index is 13.5. The molecule has 0 aliphatic carbocycles. The molecule has 0 saturated carbocycles. The molecule has 1 unspecified atom stereocenters. The Balaban J connectivity index is 2.41. The van der Waals surface area contributed by atoms with E-state index in [0.717, 1.165) is 23.4 Å². The first-order valence-corrected chi connectivity index (χ1v) is 13.4. The van der Waals surface area contributed by atoms with Crippen LogP contribution in [0.5, 0.6) is 11.5 Å². The molecule has 0 heterocycles. The molecule has 2 amide bonds. The van der Waals surface area contributed by atoms with Crippen LogP contribution in [0.25, 0.3) is 0 Å². The monoisotopic (exact) mass is 523 g/mol. The van der Waals surface area contributed by atoms with Crippen molar-refractivity contribution in [3.63, 3.8) is 0 Å². The van der Waals surface area contributed by atoms with Crippen molar-refractivity contribution >= 4 is 27.5 Å². The second-order valence-corrected chi connectivity index (χ2v) is 10.2. The number of halogens is 1. The Labute approximate surface area is 212 Å². The second-order valence-electron chi connectivity index (χ2n) is 8.28. The summed E-state index contributed by atoms with van der Waals surface area (Å²) in [5.41, 5.74) is 0.738. The molecule has 0 fully saturated rings. The molecule has 0 aliphatic rings. The number of methoxy groups -OCH3 is 2. The predicted molar refractivity (Wildman–Crippen MR) is 136 cm³/mol. The lowest BCUT2D eigenvalue weighted by Gasteiger charge is -2.32. The highest BCUT2D eigenvalue weighted by atomic mass is 32.2. The minimum Gasteiger partial charge on any atom is -0.497 e. The molecule has 11 heteroatoms. The number of carbonyl (C=O) groups is 2. The summed E-state index contributed by atoms with van der Waals surface area (Å²) in [4.78, 5) is 27.6. The maximum absolute atomic E-state index is 13.5. The number of hydrogen-bond acceptors (Lipinski definition) is 6. The van der Waals surface area contributed by atoms with E-state index < -0.39 is 34.3 Å². The first kappa shape index (κ1) is 28.9. The van der Waals surface area contributed by atoms with Crippen LogP contribution in [0.3, 0.4) is 0 Å². The average Bonchev–Trinajstić information content (AvgIpc) is 2.85. The molecule has 0 spiro atoms. The number of ether oxygens (including phenoxy) is 2. The zero-order valence-corrected chi connectivity index (χ0v) is 22.1. The molecule has 0 bridgehead atoms. The lowest BCUT2D eigenvalue weighted by molar-refractivity contribution is -0.139. The Morgan fingerprint density at radius 1 is 1.08 bits per heavy atom. The van der Waals surface area contributed by atoms with E-state index in [1.807, 2.05) is 6.92 Å². The first-order valence-electron chi connectivity index (χ1n) is 11.5. The third-order valence-electron chi connectivity index (χ3n) is 5.60. The van der Waals surface area contributed by atoms with Crippen molar-refractivity contribution in [2.45, 2.75) is 39.3 Å². The number of rotatable bonds is 13. The van der Waals surface area contributed by atoms with E-state index in [2.05, 4.69) is 5.32 Å². The molecular weight excluding hydrogens is 489 g/mol. The number of anilines is 1. The van der Waals surface area contributed by atoms with Crippen molar-refractivity contribution in [1.82, 2.24) is 10.2 Å². The van der Waals surface area contributed by atoms with Crippen molar-refractivity contribution in [3.05, 3.63) is 53.8 Å². The minimum atomic E-state index is -3.93. The van der Waals surface area contributed by atoms with Gasteiger partial charge >= 0.3 is 0 Å². The number of nitrogens with zero attached hydrogens (tertiary/aromatic N) is 2. The Morgan fingerprint density at radius 3 is 2.31 bits per heavy atom. The summed E-state index contributed by atoms with van der Waals surface area (Å²) in [6.07, 6.45) is 2.65. The highest BCUT2D eigenvalue weighted by Crippen LogP contribution is 2.33. The zero-order valence-electron chi connectivity index (χ0n) is 21.3. The molecule has 1 N–H and O–H groups in total. The summed E-state index contributed by atoms with van der Waals surface area (Å²) >= 11 is 0. The third-order valence-corrected chi connectivity index (χ3v) is 6.72. The van der Waals surface area contributed by atoms with Crippen LogP contribution < -0.4 is 19.1 Å². The number of hydrogen-bond donors (Lipinski definition) is 1. The van der Waals surface area contributed by atoms with E-state index in [9.17, 15) is 22.4 Å². The number of nitrogens with one attached hydrogen (secondary N) is 1. The lowest BCUT2D eigenvalue weighted by Crippen LogP contribution is -2.51. The third kappa shape index (κ3) is 7.84. The molecule has 2 aromatic carbocycles. The highest BCUT2D eigenvalue weighted by molar-refractivity contribution is 7.92. The predicted octanol–water partition coefficient (Wildman–Crippen LogP) is 2.94. The molecule has 9 nitrogen and oxygen atoms in total. The van der Waals surface area contributed by atoms with Gasteiger partial charge < -0.3 is 19.7 Å². The van der Waals surface area contributed by atoms with E-state index in [0.29, 0.717) is 17.9 Å². The number of carbonyl (C=O) groups excluding carboxylic acids is 2. The average molecular weight is 524 g/mol. The van der Waals surface area contributed by atoms with Crippen LogP contribution in [-0.2, 0) is 26.2 Å². The first-order chi connectivity index (χ1) is 17.0. The topological polar surface area (TPSA) is 105 Å². The fourth-order valence-corrected chi connectivity index (χ4v) is 4.34. The summed E-state index contributed by atoms with van der Waals surface area (Å²) in [7, 11) is -1.08. The van der Waals surface area contributed by atoms with Gasteiger partial charge in [0.25, 0.3) is 0 Å². The quantitative estimate of drug-likeness (QED) is 0.405. The number of amides is 2. The highest BCUT2D eigenvalue weighted by Gasteiger charge is 2.31. The summed E-state index contributed by atoms with van der Waals surface area (Å²) in [5, 5.41) is 2.80. The van der Waals surface area contributed by atoms with Gasteiger partial charge in [0.05, 0.1) is 26.2 Å². The molecule has 0 saturated heterocycles. The van der Waals surface area contributed by atoms with Gasteiger partial charge in [-0.25, -0.2) is 12.8 Å². The van der Waals surface area contributed by atoms with Gasteiger partial charge in [-0.3, -0.25) is 13.9 Å². The van der Waals surface area contributed by atoms with Crippen molar-refractivity contribution in [3.8, 4) is 11.5 Å². The molecule has 36 heavy (non-hydrogen) atoms. The standard InChI is InChI=1S/C25H34FN3O6S/c1-6-7-14-27-25(31)18(2)28(16-19-8-10-20(26)11-9-19)24(30)17-29(36(5,32)33)22-13-12-21(34-3)15-23(22)35-4/h8-13,15,18H,6-7,14,16-17H2,1-5H3,(H,27,31). The summed E-state index contributed by atoms with van der Waals surface area (Å²) < 4.78 is 50.3. The number of unbranched alkanes of at least 4 members (excludes halogenated alkanes) is 1. The molecule has 1 atom stereocenters. The molecule has 2 rings (SSSR count). The van der Waals surface area contributed by atoms with Gasteiger partial charge in [0, 0.05) is 19.2 Å². The van der Waals surface area contributed by atoms with Crippen molar-refractivity contribution in [2.75, 3.05) is 37.9 Å². The normalized spacial score (nSPS) is 11.9. The van der Waals surface area contributed by atoms with Crippen molar-refractivity contribution in [2.24, 2.45) is 0 Å². The summed E-state index contributed by atoms with van der Waals surface area (Å²) in [5.74, 6) is -0.766. The van der Waals surface area contributed by atoms with E-state index >= 15 is 0 Å². The van der Waals surface area contributed by atoms with Gasteiger partial charge in [0.15, 0.2) is 0 Å². The molecule has 2 aromatic rings. The fraction of sp³-hybridized carbons (Fsp3) is 0.440. The Kier molecular flexibility index (Phi) is 10.5. The Hall–Kier alpha value is -3.34. The SMILES string of the molecule is CCCCNC(=O)C(C)N(Cc1ccc(F)cc1)C(=O)CN(c1ccc(OC)cc1OC)S(C)(=O)=O.